The van der Waals surface area contributed by atoms with Crippen LogP contribution in [0.1, 0.15) is 35.4 Å². The lowest BCUT2D eigenvalue weighted by Crippen LogP contribution is -2.16. The molecular weight excluding hydrogens is 472 g/mol. The van der Waals surface area contributed by atoms with Crippen molar-refractivity contribution in [2.45, 2.75) is 32.8 Å². The number of amides is 1. The van der Waals surface area contributed by atoms with Crippen LogP contribution in [-0.4, -0.2) is 23.2 Å². The Morgan fingerprint density at radius 2 is 1.57 bits per heavy atom. The molecule has 1 aliphatic rings. The molecule has 1 aromatic heterocycles. The number of aryl methyl sites for hydroxylation is 1. The van der Waals surface area contributed by atoms with Crippen molar-refractivity contribution in [2.75, 3.05) is 5.32 Å². The number of benzene rings is 3. The highest BCUT2D eigenvalue weighted by molar-refractivity contribution is 5.91. The average Bonchev–Trinajstić information content (AvgIpc) is 3.45. The fraction of sp³-hybridized carbons (Fsp3) is 0.172. The second kappa shape index (κ2) is 11.3. The fourth-order valence-corrected chi connectivity index (χ4v) is 4.24. The highest BCUT2D eigenvalue weighted by atomic mass is 16.6. The lowest BCUT2D eigenvalue weighted by Gasteiger charge is -2.14. The molecule has 1 unspecified atom stereocenters. The number of anilines is 1. The zero-order valence-electron chi connectivity index (χ0n) is 20.3. The number of Topliss-reactive ketones (excluding diaryl/α,β-unsaturated/α-hetero) is 1. The van der Waals surface area contributed by atoms with E-state index in [1.165, 1.54) is 0 Å². The van der Waals surface area contributed by atoms with Crippen molar-refractivity contribution in [3.63, 3.8) is 0 Å². The van der Waals surface area contributed by atoms with E-state index in [9.17, 15) is 9.59 Å². The first-order chi connectivity index (χ1) is 17.9. The molecule has 0 radical (unpaired) electrons. The second-order valence-electron chi connectivity index (χ2n) is 8.59. The Hall–Kier alpha value is -4.81. The Balaban J connectivity index is 0.00000102. The summed E-state index contributed by atoms with van der Waals surface area (Å²) in [5.74, 6) is 0.729. The van der Waals surface area contributed by atoms with Crippen LogP contribution in [0.25, 0.3) is 22.5 Å². The second-order valence-corrected chi connectivity index (χ2v) is 8.59. The largest absolute Gasteiger partial charge is 0.441 e. The van der Waals surface area contributed by atoms with Gasteiger partial charge in [-0.1, -0.05) is 78.0 Å². The SMILES string of the molecule is Cc1noc(-c2ccc(-c3ccc4c(c3)CC(=O)C4)cc2)c1NC(=O)OC(C)c1ccccc1.O=C=O. The monoisotopic (exact) mass is 496 g/mol. The van der Waals surface area contributed by atoms with Gasteiger partial charge in [0.25, 0.3) is 0 Å². The smallest absolute Gasteiger partial charge is 0.412 e. The number of nitrogens with one attached hydrogen (secondary N) is 1. The lowest BCUT2D eigenvalue weighted by molar-refractivity contribution is -0.191. The minimum absolute atomic E-state index is 0.250. The quantitative estimate of drug-likeness (QED) is 0.376. The standard InChI is InChI=1S/C28H24N2O4.CO2/c1-17-26(29-28(32)33-18(2)19-6-4-3-5-7-19)27(34-30-17)21-10-8-20(9-11-21)22-12-13-23-15-25(31)16-24(23)14-22;2-1-3/h3-14,18H,15-16H2,1-2H3,(H,29,32);. The molecule has 1 aliphatic carbocycles. The molecule has 37 heavy (non-hydrogen) atoms. The van der Waals surface area contributed by atoms with Crippen LogP contribution in [0.3, 0.4) is 0 Å². The zero-order valence-corrected chi connectivity index (χ0v) is 20.3. The summed E-state index contributed by atoms with van der Waals surface area (Å²) in [5, 5.41) is 6.82. The molecule has 1 heterocycles. The van der Waals surface area contributed by atoms with E-state index in [0.717, 1.165) is 33.4 Å². The molecule has 8 nitrogen and oxygen atoms in total. The Bertz CT molecular complexity index is 1450. The van der Waals surface area contributed by atoms with Gasteiger partial charge in [0.05, 0.1) is 0 Å². The number of rotatable bonds is 5. The van der Waals surface area contributed by atoms with Crippen LogP contribution in [0.15, 0.2) is 77.3 Å². The molecule has 1 amide bonds. The molecular formula is C29H24N2O6. The van der Waals surface area contributed by atoms with Gasteiger partial charge in [-0.25, -0.2) is 4.79 Å². The number of ether oxygens (including phenoxy) is 1. The summed E-state index contributed by atoms with van der Waals surface area (Å²) in [6.45, 7) is 3.59. The van der Waals surface area contributed by atoms with Crippen molar-refractivity contribution >= 4 is 23.7 Å². The third-order valence-electron chi connectivity index (χ3n) is 6.10. The molecule has 0 saturated carbocycles. The summed E-state index contributed by atoms with van der Waals surface area (Å²) in [4.78, 5) is 40.5. The van der Waals surface area contributed by atoms with Gasteiger partial charge >= 0.3 is 12.2 Å². The number of hydrogen-bond acceptors (Lipinski definition) is 7. The summed E-state index contributed by atoms with van der Waals surface area (Å²) in [5.41, 5.74) is 7.05. The van der Waals surface area contributed by atoms with Crippen molar-refractivity contribution in [3.8, 4) is 22.5 Å². The highest BCUT2D eigenvalue weighted by Crippen LogP contribution is 2.34. The fourth-order valence-electron chi connectivity index (χ4n) is 4.24. The molecule has 1 N–H and O–H groups in total. The van der Waals surface area contributed by atoms with E-state index in [1.54, 1.807) is 6.92 Å². The minimum atomic E-state index is -0.576. The van der Waals surface area contributed by atoms with Gasteiger partial charge in [0.15, 0.2) is 5.76 Å². The van der Waals surface area contributed by atoms with E-state index in [4.69, 9.17) is 18.8 Å². The van der Waals surface area contributed by atoms with Crippen molar-refractivity contribution in [2.24, 2.45) is 0 Å². The van der Waals surface area contributed by atoms with Crippen LogP contribution in [0, 0.1) is 6.92 Å². The van der Waals surface area contributed by atoms with Crippen LogP contribution < -0.4 is 5.32 Å². The predicted octanol–water partition coefficient (Wildman–Crippen LogP) is 5.71. The molecule has 4 aromatic rings. The molecule has 5 rings (SSSR count). The van der Waals surface area contributed by atoms with E-state index >= 15 is 0 Å². The number of fused-ring (bicyclic) bond motifs is 1. The Labute approximate surface area is 213 Å². The van der Waals surface area contributed by atoms with Gasteiger partial charge in [0.2, 0.25) is 0 Å². The lowest BCUT2D eigenvalue weighted by atomic mass is 9.99. The van der Waals surface area contributed by atoms with Gasteiger partial charge in [0.1, 0.15) is 23.3 Å². The summed E-state index contributed by atoms with van der Waals surface area (Å²) in [6, 6.07) is 23.6. The third kappa shape index (κ3) is 5.89. The molecule has 0 fully saturated rings. The third-order valence-corrected chi connectivity index (χ3v) is 6.10. The van der Waals surface area contributed by atoms with Crippen LogP contribution in [0.4, 0.5) is 10.5 Å². The number of ketones is 1. The van der Waals surface area contributed by atoms with E-state index < -0.39 is 12.2 Å². The highest BCUT2D eigenvalue weighted by Gasteiger charge is 2.21. The Kier molecular flexibility index (Phi) is 7.71. The van der Waals surface area contributed by atoms with Crippen molar-refractivity contribution in [3.05, 3.63) is 95.2 Å². The molecule has 0 spiro atoms. The van der Waals surface area contributed by atoms with Gasteiger partial charge in [-0.2, -0.15) is 9.59 Å². The van der Waals surface area contributed by atoms with Crippen molar-refractivity contribution in [1.29, 1.82) is 0 Å². The first-order valence-corrected chi connectivity index (χ1v) is 11.6. The van der Waals surface area contributed by atoms with Gasteiger partial charge in [0, 0.05) is 18.4 Å². The first kappa shape index (κ1) is 25.3. The topological polar surface area (TPSA) is 116 Å². The minimum Gasteiger partial charge on any atom is -0.441 e. The van der Waals surface area contributed by atoms with Crippen LogP contribution in [0.5, 0.6) is 0 Å². The zero-order chi connectivity index (χ0) is 26.4. The predicted molar refractivity (Wildman–Crippen MR) is 134 cm³/mol. The summed E-state index contributed by atoms with van der Waals surface area (Å²) < 4.78 is 11.1. The van der Waals surface area contributed by atoms with Crippen molar-refractivity contribution in [1.82, 2.24) is 5.16 Å². The maximum absolute atomic E-state index is 12.6. The van der Waals surface area contributed by atoms with E-state index in [-0.39, 0.29) is 11.9 Å². The molecule has 0 aliphatic heterocycles. The van der Waals surface area contributed by atoms with Gasteiger partial charge in [-0.3, -0.25) is 10.1 Å². The number of nitrogens with zero attached hydrogens (tertiary/aromatic N) is 1. The van der Waals surface area contributed by atoms with E-state index in [2.05, 4.69) is 16.5 Å². The molecule has 0 saturated heterocycles. The summed E-state index contributed by atoms with van der Waals surface area (Å²) in [6.07, 6.45) is 0.314. The van der Waals surface area contributed by atoms with Gasteiger partial charge in [-0.05, 0) is 41.7 Å². The molecule has 186 valence electrons. The number of aromatic nitrogens is 1. The molecule has 3 aromatic carbocycles. The Morgan fingerprint density at radius 3 is 2.27 bits per heavy atom. The number of carbonyl (C=O) groups excluding carboxylic acids is 4. The van der Waals surface area contributed by atoms with Crippen LogP contribution >= 0.6 is 0 Å². The maximum atomic E-state index is 12.6. The van der Waals surface area contributed by atoms with Crippen LogP contribution in [0.2, 0.25) is 0 Å². The Morgan fingerprint density at radius 1 is 0.946 bits per heavy atom. The van der Waals surface area contributed by atoms with Gasteiger partial charge in [-0.15, -0.1) is 0 Å². The molecule has 8 heteroatoms. The number of carbonyl (C=O) groups is 2. The summed E-state index contributed by atoms with van der Waals surface area (Å²) in [7, 11) is 0. The average molecular weight is 497 g/mol. The van der Waals surface area contributed by atoms with Crippen molar-refractivity contribution < 1.29 is 28.4 Å². The van der Waals surface area contributed by atoms with E-state index in [1.807, 2.05) is 73.7 Å². The van der Waals surface area contributed by atoms with Crippen LogP contribution in [-0.2, 0) is 32.0 Å². The first-order valence-electron chi connectivity index (χ1n) is 11.6. The number of hydrogen-bond donors (Lipinski definition) is 1. The maximum Gasteiger partial charge on any atom is 0.412 e. The van der Waals surface area contributed by atoms with E-state index in [0.29, 0.717) is 30.0 Å². The molecule has 1 atom stereocenters. The molecule has 0 bridgehead atoms. The normalized spacial score (nSPS) is 12.5. The summed E-state index contributed by atoms with van der Waals surface area (Å²) >= 11 is 0. The van der Waals surface area contributed by atoms with Gasteiger partial charge < -0.3 is 9.26 Å².